The van der Waals surface area contributed by atoms with Gasteiger partial charge in [0.2, 0.25) is 5.91 Å². The highest BCUT2D eigenvalue weighted by Crippen LogP contribution is 2.17. The Labute approximate surface area is 324 Å². The molecule has 1 unspecified atom stereocenters. The van der Waals surface area contributed by atoms with E-state index in [-0.39, 0.29) is 0 Å². The molecule has 52 heavy (non-hydrogen) atoms. The third-order valence-electron chi connectivity index (χ3n) is 11.3. The summed E-state index contributed by atoms with van der Waals surface area (Å²) in [5, 5.41) is 43.7. The van der Waals surface area contributed by atoms with Gasteiger partial charge in [-0.15, -0.1) is 0 Å². The molecule has 0 spiro atoms. The van der Waals surface area contributed by atoms with Crippen LogP contribution in [0.25, 0.3) is 0 Å². The average Bonchev–Trinajstić information content (AvgIpc) is 3.15. The number of hydrogen-bond acceptors (Lipinski definition) is 5. The lowest BCUT2D eigenvalue weighted by molar-refractivity contribution is -0.132. The van der Waals surface area contributed by atoms with Gasteiger partial charge < -0.3 is 25.7 Å². The van der Waals surface area contributed by atoms with Crippen molar-refractivity contribution in [3.63, 3.8) is 0 Å². The molecule has 6 nitrogen and oxygen atoms in total. The first kappa shape index (κ1) is 51.3. The largest absolute Gasteiger partial charge is 0.394 e. The Kier molecular flexibility index (Phi) is 40.9. The summed E-state index contributed by atoms with van der Waals surface area (Å²) < 4.78 is 0. The highest BCUT2D eigenvalue weighted by Gasteiger charge is 2.28. The first-order chi connectivity index (χ1) is 25.5. The zero-order valence-corrected chi connectivity index (χ0v) is 35.1. The van der Waals surface area contributed by atoms with Gasteiger partial charge in [0.25, 0.3) is 0 Å². The van der Waals surface area contributed by atoms with Crippen molar-refractivity contribution >= 4 is 5.91 Å². The third-order valence-corrected chi connectivity index (χ3v) is 11.3. The van der Waals surface area contributed by atoms with Crippen molar-refractivity contribution in [2.24, 2.45) is 0 Å². The number of hydrogen-bond donors (Lipinski definition) is 5. The second-order valence-electron chi connectivity index (χ2n) is 16.5. The molecule has 1 amide bonds. The van der Waals surface area contributed by atoms with Gasteiger partial charge in [-0.1, -0.05) is 245 Å². The summed E-state index contributed by atoms with van der Waals surface area (Å²) >= 11 is 0. The minimum absolute atomic E-state index is 0.376. The van der Waals surface area contributed by atoms with Gasteiger partial charge in [-0.2, -0.15) is 0 Å². The summed E-state index contributed by atoms with van der Waals surface area (Å²) in [5.41, 5.74) is 0. The van der Waals surface area contributed by atoms with Crippen LogP contribution in [-0.4, -0.2) is 57.3 Å². The molecule has 0 radical (unpaired) electrons. The molecule has 5 N–H and O–H groups in total. The molecule has 312 valence electrons. The van der Waals surface area contributed by atoms with E-state index in [1.165, 1.54) is 193 Å². The van der Waals surface area contributed by atoms with Crippen LogP contribution in [-0.2, 0) is 4.79 Å². The average molecular weight is 740 g/mol. The predicted octanol–water partition coefficient (Wildman–Crippen LogP) is 12.4. The van der Waals surface area contributed by atoms with Gasteiger partial charge in [0, 0.05) is 0 Å². The number of carbonyl (C=O) groups is 1. The molecule has 0 aliphatic carbocycles. The van der Waals surface area contributed by atoms with E-state index in [2.05, 4.69) is 19.2 Å². The van der Waals surface area contributed by atoms with Crippen LogP contribution in [0.3, 0.4) is 0 Å². The maximum atomic E-state index is 12.5. The molecule has 0 saturated carbocycles. The van der Waals surface area contributed by atoms with Gasteiger partial charge in [-0.05, 0) is 12.8 Å². The van der Waals surface area contributed by atoms with Crippen LogP contribution in [0.5, 0.6) is 0 Å². The van der Waals surface area contributed by atoms with E-state index in [0.29, 0.717) is 12.8 Å². The van der Waals surface area contributed by atoms with Crippen molar-refractivity contribution in [1.82, 2.24) is 5.32 Å². The highest BCUT2D eigenvalue weighted by molar-refractivity contribution is 5.80. The zero-order valence-electron chi connectivity index (χ0n) is 35.1. The highest BCUT2D eigenvalue weighted by atomic mass is 16.3. The number of carbonyl (C=O) groups excluding carboxylic acids is 1. The maximum absolute atomic E-state index is 12.5. The second kappa shape index (κ2) is 41.5. The van der Waals surface area contributed by atoms with Crippen molar-refractivity contribution in [2.45, 2.75) is 282 Å². The van der Waals surface area contributed by atoms with Gasteiger partial charge in [-0.3, -0.25) is 4.79 Å². The van der Waals surface area contributed by atoms with Crippen LogP contribution in [0.4, 0.5) is 0 Å². The molecule has 4 atom stereocenters. The van der Waals surface area contributed by atoms with Crippen LogP contribution in [0, 0.1) is 0 Å². The van der Waals surface area contributed by atoms with E-state index in [1.807, 2.05) is 0 Å². The smallest absolute Gasteiger partial charge is 0.249 e. The van der Waals surface area contributed by atoms with Crippen molar-refractivity contribution in [3.05, 3.63) is 0 Å². The summed E-state index contributed by atoms with van der Waals surface area (Å²) in [4.78, 5) is 12.5. The number of aliphatic hydroxyl groups is 4. The van der Waals surface area contributed by atoms with Crippen LogP contribution in [0.1, 0.15) is 258 Å². The molecule has 0 aromatic heterocycles. The molecule has 0 saturated heterocycles. The fourth-order valence-electron chi connectivity index (χ4n) is 7.58. The summed E-state index contributed by atoms with van der Waals surface area (Å²) in [6.07, 6.45) is 44.3. The van der Waals surface area contributed by atoms with Crippen LogP contribution >= 0.6 is 0 Å². The van der Waals surface area contributed by atoms with Crippen molar-refractivity contribution < 1.29 is 25.2 Å². The molecular formula is C46H93NO5. The number of unbranched alkanes of at least 4 members (excludes halogenated alkanes) is 34. The van der Waals surface area contributed by atoms with E-state index in [9.17, 15) is 25.2 Å². The molecule has 0 bridgehead atoms. The fraction of sp³-hybridized carbons (Fsp3) is 0.978. The van der Waals surface area contributed by atoms with E-state index < -0.39 is 36.9 Å². The zero-order chi connectivity index (χ0) is 38.2. The predicted molar refractivity (Wildman–Crippen MR) is 224 cm³/mol. The van der Waals surface area contributed by atoms with E-state index in [0.717, 1.165) is 38.5 Å². The molecule has 0 aliphatic heterocycles. The molecule has 0 fully saturated rings. The second-order valence-corrected chi connectivity index (χ2v) is 16.5. The van der Waals surface area contributed by atoms with Gasteiger partial charge in [0.15, 0.2) is 0 Å². The maximum Gasteiger partial charge on any atom is 0.249 e. The Bertz CT molecular complexity index is 706. The molecule has 0 rings (SSSR count). The minimum Gasteiger partial charge on any atom is -0.394 e. The topological polar surface area (TPSA) is 110 Å². The lowest BCUT2D eigenvalue weighted by atomic mass is 9.99. The Morgan fingerprint density at radius 3 is 0.923 bits per heavy atom. The first-order valence-electron chi connectivity index (χ1n) is 23.4. The first-order valence-corrected chi connectivity index (χ1v) is 23.4. The summed E-state index contributed by atoms with van der Waals surface area (Å²) in [5.74, 6) is -0.579. The van der Waals surface area contributed by atoms with Crippen LogP contribution < -0.4 is 5.32 Å². The quantitative estimate of drug-likeness (QED) is 0.0400. The van der Waals surface area contributed by atoms with Gasteiger partial charge in [0.05, 0.1) is 18.8 Å². The summed E-state index contributed by atoms with van der Waals surface area (Å²) in [6, 6.07) is -0.978. The standard InChI is InChI=1S/C46H93NO5/c1-3-5-7-9-11-13-15-17-18-19-20-21-22-23-24-25-26-27-28-30-32-34-36-38-40-44(50)46(52)47-42(41-48)45(51)43(49)39-37-35-33-31-29-16-14-12-10-8-6-4-2/h42-45,48-51H,3-41H2,1-2H3,(H,47,52)/t42-,43+,44?,45-/m0/s1. The van der Waals surface area contributed by atoms with E-state index >= 15 is 0 Å². The van der Waals surface area contributed by atoms with Crippen LogP contribution in [0.15, 0.2) is 0 Å². The fourth-order valence-corrected chi connectivity index (χ4v) is 7.58. The van der Waals surface area contributed by atoms with Crippen molar-refractivity contribution in [2.75, 3.05) is 6.61 Å². The van der Waals surface area contributed by atoms with E-state index in [1.54, 1.807) is 0 Å². The van der Waals surface area contributed by atoms with Gasteiger partial charge in [-0.25, -0.2) is 0 Å². The number of rotatable bonds is 43. The summed E-state index contributed by atoms with van der Waals surface area (Å²) in [6.45, 7) is 4.06. The van der Waals surface area contributed by atoms with Gasteiger partial charge >= 0.3 is 0 Å². The number of aliphatic hydroxyl groups excluding tert-OH is 4. The molecule has 0 aliphatic rings. The Morgan fingerprint density at radius 1 is 0.404 bits per heavy atom. The molecule has 0 heterocycles. The van der Waals surface area contributed by atoms with Crippen molar-refractivity contribution in [3.8, 4) is 0 Å². The van der Waals surface area contributed by atoms with Gasteiger partial charge in [0.1, 0.15) is 12.2 Å². The molecular weight excluding hydrogens is 647 g/mol. The Morgan fingerprint density at radius 2 is 0.654 bits per heavy atom. The normalized spacial score (nSPS) is 14.0. The van der Waals surface area contributed by atoms with Crippen LogP contribution in [0.2, 0.25) is 0 Å². The number of amides is 1. The SMILES string of the molecule is CCCCCCCCCCCCCCCCCCCCCCCCCCC(O)C(=O)N[C@@H](CO)[C@H](O)[C@H](O)CCCCCCCCCCCCCC. The molecule has 0 aromatic carbocycles. The Hall–Kier alpha value is -0.690. The lowest BCUT2D eigenvalue weighted by Crippen LogP contribution is -2.53. The van der Waals surface area contributed by atoms with Crippen molar-refractivity contribution in [1.29, 1.82) is 0 Å². The lowest BCUT2D eigenvalue weighted by Gasteiger charge is -2.27. The Balaban J connectivity index is 3.61. The van der Waals surface area contributed by atoms with E-state index in [4.69, 9.17) is 0 Å². The number of nitrogens with one attached hydrogen (secondary N) is 1. The summed E-state index contributed by atoms with van der Waals surface area (Å²) in [7, 11) is 0. The molecule has 6 heteroatoms. The monoisotopic (exact) mass is 740 g/mol. The minimum atomic E-state index is -1.25. The molecule has 0 aromatic rings. The third kappa shape index (κ3) is 35.0.